The Morgan fingerprint density at radius 1 is 1.41 bits per heavy atom. The zero-order chi connectivity index (χ0) is 24.6. The minimum absolute atomic E-state index is 0.0456. The number of nitrogens with one attached hydrogen (secondary N) is 3. The molecule has 1 saturated heterocycles. The van der Waals surface area contributed by atoms with Crippen molar-refractivity contribution < 1.29 is 27.9 Å². The molecule has 3 atom stereocenters. The lowest BCUT2D eigenvalue weighted by atomic mass is 10.0. The monoisotopic (exact) mass is 548 g/mol. The summed E-state index contributed by atoms with van der Waals surface area (Å²) in [6.07, 6.45) is 2.53. The van der Waals surface area contributed by atoms with E-state index in [1.165, 1.54) is 33.1 Å². The molecular formula is C16H20N8O6S4. The van der Waals surface area contributed by atoms with Crippen LogP contribution in [0.15, 0.2) is 27.5 Å². The largest absolute Gasteiger partial charge is 0.477 e. The number of rotatable bonds is 9. The summed E-state index contributed by atoms with van der Waals surface area (Å²) >= 11 is 3.79. The van der Waals surface area contributed by atoms with Crippen LogP contribution in [0.3, 0.4) is 0 Å². The van der Waals surface area contributed by atoms with Gasteiger partial charge in [-0.1, -0.05) is 23.5 Å². The van der Waals surface area contributed by atoms with Crippen LogP contribution in [0.4, 0.5) is 0 Å². The van der Waals surface area contributed by atoms with Crippen molar-refractivity contribution >= 4 is 63.1 Å². The van der Waals surface area contributed by atoms with Crippen LogP contribution in [0.25, 0.3) is 0 Å². The molecule has 0 aromatic carbocycles. The predicted molar refractivity (Wildman–Crippen MR) is 124 cm³/mol. The Kier molecular flexibility index (Phi) is 7.13. The van der Waals surface area contributed by atoms with Gasteiger partial charge in [-0.2, -0.15) is 4.72 Å². The molecule has 0 bridgehead atoms. The van der Waals surface area contributed by atoms with Gasteiger partial charge in [0.2, 0.25) is 21.1 Å². The molecule has 4 rings (SSSR count). The van der Waals surface area contributed by atoms with Gasteiger partial charge in [0.25, 0.3) is 5.91 Å². The van der Waals surface area contributed by atoms with Crippen LogP contribution in [0.5, 0.6) is 0 Å². The van der Waals surface area contributed by atoms with Crippen LogP contribution in [0.1, 0.15) is 6.42 Å². The molecule has 34 heavy (non-hydrogen) atoms. The minimum atomic E-state index is -3.41. The number of sulfonamides is 1. The van der Waals surface area contributed by atoms with Gasteiger partial charge in [-0.25, -0.2) is 17.9 Å². The zero-order valence-electron chi connectivity index (χ0n) is 17.8. The maximum absolute atomic E-state index is 12.8. The van der Waals surface area contributed by atoms with E-state index in [2.05, 4.69) is 30.9 Å². The summed E-state index contributed by atoms with van der Waals surface area (Å²) in [5, 5.41) is 26.4. The number of aliphatic carboxylic acids is 1. The molecule has 3 aliphatic heterocycles. The molecule has 18 heteroatoms. The number of tetrazole rings is 1. The van der Waals surface area contributed by atoms with Gasteiger partial charge >= 0.3 is 5.97 Å². The fourth-order valence-electron chi connectivity index (χ4n) is 3.41. The molecule has 14 nitrogen and oxygen atoms in total. The number of aromatic nitrogens is 4. The smallest absolute Gasteiger partial charge is 0.352 e. The Balaban J connectivity index is 1.35. The fourth-order valence-corrected chi connectivity index (χ4v) is 7.70. The van der Waals surface area contributed by atoms with Crippen molar-refractivity contribution in [1.29, 1.82) is 0 Å². The van der Waals surface area contributed by atoms with Crippen molar-refractivity contribution in [2.24, 2.45) is 7.05 Å². The third-order valence-corrected chi connectivity index (χ3v) is 9.15. The Morgan fingerprint density at radius 3 is 2.82 bits per heavy atom. The summed E-state index contributed by atoms with van der Waals surface area (Å²) in [5.41, 5.74) is -0.109. The number of hydrogen-bond donors (Lipinski definition) is 4. The highest BCUT2D eigenvalue weighted by Crippen LogP contribution is 2.41. The number of β-lactam (4-membered cyclic amide) rings is 1. The molecule has 4 heterocycles. The molecule has 1 fully saturated rings. The quantitative estimate of drug-likeness (QED) is 0.205. The van der Waals surface area contributed by atoms with Crippen LogP contribution < -0.4 is 15.4 Å². The lowest BCUT2D eigenvalue weighted by molar-refractivity contribution is -0.150. The molecular weight excluding hydrogens is 528 g/mol. The number of aryl methyl sites for hydroxylation is 1. The van der Waals surface area contributed by atoms with E-state index in [0.29, 0.717) is 27.1 Å². The lowest BCUT2D eigenvalue weighted by Crippen LogP contribution is -2.70. The summed E-state index contributed by atoms with van der Waals surface area (Å²) < 4.78 is 26.5. The molecule has 4 N–H and O–H groups in total. The number of amides is 2. The number of thioether (sulfide) groups is 3. The zero-order valence-corrected chi connectivity index (χ0v) is 21.1. The Bertz CT molecular complexity index is 1200. The number of fused-ring (bicyclic) bond motifs is 1. The summed E-state index contributed by atoms with van der Waals surface area (Å²) in [4.78, 5) is 39.0. The van der Waals surface area contributed by atoms with Gasteiger partial charge in [-0.15, -0.1) is 16.9 Å². The van der Waals surface area contributed by atoms with Crippen molar-refractivity contribution in [3.05, 3.63) is 22.4 Å². The molecule has 2 amide bonds. The van der Waals surface area contributed by atoms with Crippen LogP contribution in [0, 0.1) is 0 Å². The molecule has 2 unspecified atom stereocenters. The SMILES string of the molecule is Cn1nnnc1SCC1=C(C(=O)O)N2C(=O)C(NC(=O)CC3=CNC(NS(C)(=O)=O)S3)[C@H]2SC1. The van der Waals surface area contributed by atoms with Crippen molar-refractivity contribution in [2.45, 2.75) is 28.5 Å². The first-order valence-corrected chi connectivity index (χ1v) is 14.5. The van der Waals surface area contributed by atoms with E-state index in [1.54, 1.807) is 13.2 Å². The van der Waals surface area contributed by atoms with Gasteiger partial charge in [-0.05, 0) is 16.0 Å². The van der Waals surface area contributed by atoms with Crippen LogP contribution >= 0.6 is 35.3 Å². The van der Waals surface area contributed by atoms with E-state index in [1.807, 2.05) is 0 Å². The van der Waals surface area contributed by atoms with Gasteiger partial charge < -0.3 is 15.7 Å². The van der Waals surface area contributed by atoms with Gasteiger partial charge in [-0.3, -0.25) is 14.5 Å². The average Bonchev–Trinajstić information content (AvgIpc) is 3.36. The van der Waals surface area contributed by atoms with Crippen molar-refractivity contribution in [2.75, 3.05) is 17.8 Å². The highest BCUT2D eigenvalue weighted by Gasteiger charge is 2.54. The van der Waals surface area contributed by atoms with Crippen LogP contribution in [-0.4, -0.2) is 91.1 Å². The second kappa shape index (κ2) is 9.76. The van der Waals surface area contributed by atoms with E-state index >= 15 is 0 Å². The maximum Gasteiger partial charge on any atom is 0.352 e. The van der Waals surface area contributed by atoms with Crippen molar-refractivity contribution in [3.8, 4) is 0 Å². The summed E-state index contributed by atoms with van der Waals surface area (Å²) in [5.74, 6) is -1.44. The first kappa shape index (κ1) is 24.8. The second-order valence-electron chi connectivity index (χ2n) is 7.43. The van der Waals surface area contributed by atoms with Gasteiger partial charge in [0.1, 0.15) is 22.6 Å². The van der Waals surface area contributed by atoms with Gasteiger partial charge in [0.15, 0.2) is 0 Å². The number of carboxylic acids is 1. The summed E-state index contributed by atoms with van der Waals surface area (Å²) in [7, 11) is -1.74. The van der Waals surface area contributed by atoms with E-state index < -0.39 is 44.7 Å². The second-order valence-corrected chi connectivity index (χ2v) is 12.5. The van der Waals surface area contributed by atoms with E-state index in [9.17, 15) is 27.9 Å². The maximum atomic E-state index is 12.8. The molecule has 184 valence electrons. The van der Waals surface area contributed by atoms with Crippen LogP contribution in [0.2, 0.25) is 0 Å². The molecule has 0 spiro atoms. The van der Waals surface area contributed by atoms with Gasteiger partial charge in [0, 0.05) is 29.7 Å². The Labute approximate surface area is 206 Å². The molecule has 1 aromatic rings. The normalized spacial score (nSPS) is 24.3. The number of hydrogen-bond acceptors (Lipinski definition) is 12. The van der Waals surface area contributed by atoms with Gasteiger partial charge in [0.05, 0.1) is 12.7 Å². The minimum Gasteiger partial charge on any atom is -0.477 e. The number of carbonyl (C=O) groups is 3. The molecule has 3 aliphatic rings. The average molecular weight is 549 g/mol. The van der Waals surface area contributed by atoms with E-state index in [0.717, 1.165) is 18.0 Å². The van der Waals surface area contributed by atoms with Crippen molar-refractivity contribution in [3.63, 3.8) is 0 Å². The van der Waals surface area contributed by atoms with E-state index in [4.69, 9.17) is 0 Å². The predicted octanol–water partition coefficient (Wildman–Crippen LogP) is -1.56. The Morgan fingerprint density at radius 2 is 2.18 bits per heavy atom. The molecule has 0 radical (unpaired) electrons. The highest BCUT2D eigenvalue weighted by molar-refractivity contribution is 8.04. The standard InChI is InChI=1S/C16H20N8O6S4/c1-23-16(19-21-22-23)32-6-7-5-31-13-10(12(26)24(13)11(7)14(27)28)18-9(25)3-8-4-17-15(33-8)20-34(2,29)30/h4,10,13,15,17,20H,3,5-6H2,1-2H3,(H,18,25)(H,27,28)/t10?,13-,15?/m1/s1. The lowest BCUT2D eigenvalue weighted by Gasteiger charge is -2.49. The number of carbonyl (C=O) groups excluding carboxylic acids is 2. The highest BCUT2D eigenvalue weighted by atomic mass is 32.2. The summed E-state index contributed by atoms with van der Waals surface area (Å²) in [6, 6.07) is -0.839. The molecule has 0 saturated carbocycles. The summed E-state index contributed by atoms with van der Waals surface area (Å²) in [6.45, 7) is 0. The topological polar surface area (TPSA) is 189 Å². The van der Waals surface area contributed by atoms with E-state index in [-0.39, 0.29) is 12.1 Å². The third-order valence-electron chi connectivity index (χ3n) is 4.84. The van der Waals surface area contributed by atoms with Crippen molar-refractivity contribution in [1.82, 2.24) is 40.5 Å². The number of nitrogens with zero attached hydrogens (tertiary/aromatic N) is 5. The first-order chi connectivity index (χ1) is 16.0. The first-order valence-electron chi connectivity index (χ1n) is 9.67. The third kappa shape index (κ3) is 5.35. The molecule has 1 aromatic heterocycles. The fraction of sp³-hybridized carbons (Fsp3) is 0.500. The molecule has 0 aliphatic carbocycles. The number of carboxylic acid groups (broad SMARTS) is 1. The van der Waals surface area contributed by atoms with Crippen LogP contribution in [-0.2, 0) is 31.5 Å². The Hall–Kier alpha value is -2.28.